The van der Waals surface area contributed by atoms with E-state index in [9.17, 15) is 19.3 Å². The van der Waals surface area contributed by atoms with Gasteiger partial charge in [0.1, 0.15) is 16.5 Å². The average Bonchev–Trinajstić information content (AvgIpc) is 2.90. The van der Waals surface area contributed by atoms with Crippen molar-refractivity contribution in [3.05, 3.63) is 63.7 Å². The second-order valence-electron chi connectivity index (χ2n) is 4.21. The molecule has 0 fully saturated rings. The Labute approximate surface area is 119 Å². The van der Waals surface area contributed by atoms with Crippen LogP contribution in [0.2, 0.25) is 0 Å². The standard InChI is InChI=1S/C14H11FN2O4/c1-9-2-3-10(15)8-12(9)16-13(18)6-4-11-5-7-14(21-11)17(19)20/h2-8H,1H3,(H,16,18)/b6-4+. The van der Waals surface area contributed by atoms with E-state index >= 15 is 0 Å². The summed E-state index contributed by atoms with van der Waals surface area (Å²) in [6.07, 6.45) is 2.43. The molecule has 1 heterocycles. The van der Waals surface area contributed by atoms with E-state index in [1.165, 1.54) is 30.3 Å². The zero-order chi connectivity index (χ0) is 15.4. The smallest absolute Gasteiger partial charge is 0.401 e. The third-order valence-electron chi connectivity index (χ3n) is 2.65. The van der Waals surface area contributed by atoms with Crippen LogP contribution in [0.15, 0.2) is 40.8 Å². The van der Waals surface area contributed by atoms with E-state index in [2.05, 4.69) is 5.32 Å². The van der Waals surface area contributed by atoms with Gasteiger partial charge >= 0.3 is 5.88 Å². The number of rotatable bonds is 4. The Morgan fingerprint density at radius 3 is 2.81 bits per heavy atom. The lowest BCUT2D eigenvalue weighted by atomic mass is 10.2. The van der Waals surface area contributed by atoms with Crippen molar-refractivity contribution < 1.29 is 18.5 Å². The summed E-state index contributed by atoms with van der Waals surface area (Å²) < 4.78 is 17.9. The van der Waals surface area contributed by atoms with E-state index in [0.717, 1.165) is 6.08 Å². The number of nitro groups is 1. The molecule has 0 saturated carbocycles. The Bertz CT molecular complexity index is 722. The summed E-state index contributed by atoms with van der Waals surface area (Å²) >= 11 is 0. The van der Waals surface area contributed by atoms with Gasteiger partial charge < -0.3 is 9.73 Å². The number of benzene rings is 1. The summed E-state index contributed by atoms with van der Waals surface area (Å²) in [6, 6.07) is 6.61. The van der Waals surface area contributed by atoms with Crippen LogP contribution in [-0.4, -0.2) is 10.8 Å². The highest BCUT2D eigenvalue weighted by molar-refractivity contribution is 6.02. The van der Waals surface area contributed by atoms with Crippen LogP contribution in [0.4, 0.5) is 16.0 Å². The number of hydrogen-bond acceptors (Lipinski definition) is 4. The summed E-state index contributed by atoms with van der Waals surface area (Å²) in [5.41, 5.74) is 1.07. The quantitative estimate of drug-likeness (QED) is 0.532. The molecule has 0 radical (unpaired) electrons. The molecule has 0 aliphatic carbocycles. The summed E-state index contributed by atoms with van der Waals surface area (Å²) in [7, 11) is 0. The average molecular weight is 290 g/mol. The van der Waals surface area contributed by atoms with Gasteiger partial charge in [0.25, 0.3) is 0 Å². The van der Waals surface area contributed by atoms with E-state index in [4.69, 9.17) is 4.42 Å². The van der Waals surface area contributed by atoms with Crippen molar-refractivity contribution in [3.63, 3.8) is 0 Å². The molecule has 0 aliphatic rings. The Morgan fingerprint density at radius 1 is 1.38 bits per heavy atom. The number of aryl methyl sites for hydroxylation is 1. The monoisotopic (exact) mass is 290 g/mol. The number of nitrogens with one attached hydrogen (secondary N) is 1. The van der Waals surface area contributed by atoms with Crippen molar-refractivity contribution in [2.45, 2.75) is 6.92 Å². The minimum absolute atomic E-state index is 0.174. The molecule has 0 bridgehead atoms. The molecular formula is C14H11FN2O4. The second kappa shape index (κ2) is 6.00. The lowest BCUT2D eigenvalue weighted by molar-refractivity contribution is -0.402. The van der Waals surface area contributed by atoms with Crippen LogP contribution in [0.5, 0.6) is 0 Å². The van der Waals surface area contributed by atoms with E-state index in [-0.39, 0.29) is 5.76 Å². The molecule has 1 aromatic heterocycles. The number of amides is 1. The van der Waals surface area contributed by atoms with Crippen LogP contribution in [0, 0.1) is 22.9 Å². The molecule has 108 valence electrons. The molecule has 21 heavy (non-hydrogen) atoms. The number of anilines is 1. The number of carbonyl (C=O) groups is 1. The predicted octanol–water partition coefficient (Wildman–Crippen LogP) is 3.29. The SMILES string of the molecule is Cc1ccc(F)cc1NC(=O)/C=C/c1ccc([N+](=O)[O-])o1. The van der Waals surface area contributed by atoms with Crippen LogP contribution in [-0.2, 0) is 4.79 Å². The third kappa shape index (κ3) is 3.75. The Morgan fingerprint density at radius 2 is 2.14 bits per heavy atom. The number of hydrogen-bond donors (Lipinski definition) is 1. The predicted molar refractivity (Wildman–Crippen MR) is 74.2 cm³/mol. The van der Waals surface area contributed by atoms with Crippen LogP contribution >= 0.6 is 0 Å². The first-order chi connectivity index (χ1) is 9.95. The maximum absolute atomic E-state index is 13.1. The summed E-state index contributed by atoms with van der Waals surface area (Å²) in [6.45, 7) is 1.73. The molecule has 2 aromatic rings. The Kier molecular flexibility index (Phi) is 4.13. The fourth-order valence-corrected chi connectivity index (χ4v) is 1.59. The molecule has 1 N–H and O–H groups in total. The van der Waals surface area contributed by atoms with Gasteiger partial charge in [-0.3, -0.25) is 14.9 Å². The van der Waals surface area contributed by atoms with Crippen LogP contribution in [0.25, 0.3) is 6.08 Å². The number of carbonyl (C=O) groups excluding carboxylic acids is 1. The third-order valence-corrected chi connectivity index (χ3v) is 2.65. The van der Waals surface area contributed by atoms with Crippen molar-refractivity contribution in [2.75, 3.05) is 5.32 Å². The zero-order valence-electron chi connectivity index (χ0n) is 11.0. The minimum atomic E-state index is -0.673. The van der Waals surface area contributed by atoms with Gasteiger partial charge in [-0.25, -0.2) is 4.39 Å². The largest absolute Gasteiger partial charge is 0.433 e. The van der Waals surface area contributed by atoms with Gasteiger partial charge in [-0.15, -0.1) is 0 Å². The van der Waals surface area contributed by atoms with Gasteiger partial charge in [0.2, 0.25) is 5.91 Å². The van der Waals surface area contributed by atoms with Crippen LogP contribution in [0.3, 0.4) is 0 Å². The first-order valence-corrected chi connectivity index (χ1v) is 5.95. The van der Waals surface area contributed by atoms with E-state index in [0.29, 0.717) is 11.3 Å². The van der Waals surface area contributed by atoms with E-state index in [1.807, 2.05) is 0 Å². The minimum Gasteiger partial charge on any atom is -0.401 e. The molecule has 0 unspecified atom stereocenters. The molecular weight excluding hydrogens is 279 g/mol. The fourth-order valence-electron chi connectivity index (χ4n) is 1.59. The number of nitrogens with zero attached hydrogens (tertiary/aromatic N) is 1. The highest BCUT2D eigenvalue weighted by Crippen LogP contribution is 2.18. The topological polar surface area (TPSA) is 85.4 Å². The molecule has 2 rings (SSSR count). The number of furan rings is 1. The second-order valence-corrected chi connectivity index (χ2v) is 4.21. The zero-order valence-corrected chi connectivity index (χ0v) is 11.0. The lowest BCUT2D eigenvalue weighted by Crippen LogP contribution is -2.09. The molecule has 1 aromatic carbocycles. The molecule has 0 atom stereocenters. The van der Waals surface area contributed by atoms with E-state index < -0.39 is 22.5 Å². The van der Waals surface area contributed by atoms with Gasteiger partial charge in [0.05, 0.1) is 6.07 Å². The first-order valence-electron chi connectivity index (χ1n) is 5.95. The van der Waals surface area contributed by atoms with Crippen molar-refractivity contribution in [3.8, 4) is 0 Å². The number of halogens is 1. The molecule has 0 saturated heterocycles. The summed E-state index contributed by atoms with van der Waals surface area (Å²) in [4.78, 5) is 21.5. The first kappa shape index (κ1) is 14.4. The van der Waals surface area contributed by atoms with Gasteiger partial charge in [0, 0.05) is 11.8 Å². The lowest BCUT2D eigenvalue weighted by Gasteiger charge is -2.05. The normalized spacial score (nSPS) is 10.8. The highest BCUT2D eigenvalue weighted by Gasteiger charge is 2.10. The van der Waals surface area contributed by atoms with Crippen molar-refractivity contribution >= 4 is 23.6 Å². The highest BCUT2D eigenvalue weighted by atomic mass is 19.1. The Balaban J connectivity index is 2.05. The molecule has 0 aliphatic heterocycles. The van der Waals surface area contributed by atoms with E-state index in [1.54, 1.807) is 13.0 Å². The van der Waals surface area contributed by atoms with Crippen LogP contribution < -0.4 is 5.32 Å². The summed E-state index contributed by atoms with van der Waals surface area (Å²) in [5.74, 6) is -1.19. The maximum Gasteiger partial charge on any atom is 0.433 e. The van der Waals surface area contributed by atoms with Gasteiger partial charge in [0.15, 0.2) is 0 Å². The van der Waals surface area contributed by atoms with Crippen molar-refractivity contribution in [1.29, 1.82) is 0 Å². The van der Waals surface area contributed by atoms with Crippen LogP contribution in [0.1, 0.15) is 11.3 Å². The van der Waals surface area contributed by atoms with Gasteiger partial charge in [-0.05, 0) is 36.8 Å². The molecule has 7 heteroatoms. The van der Waals surface area contributed by atoms with Crippen molar-refractivity contribution in [2.24, 2.45) is 0 Å². The molecule has 6 nitrogen and oxygen atoms in total. The Hall–Kier alpha value is -2.96. The molecule has 0 spiro atoms. The van der Waals surface area contributed by atoms with Gasteiger partial charge in [-0.2, -0.15) is 0 Å². The summed E-state index contributed by atoms with van der Waals surface area (Å²) in [5, 5.41) is 12.9. The fraction of sp³-hybridized carbons (Fsp3) is 0.0714. The van der Waals surface area contributed by atoms with Crippen molar-refractivity contribution in [1.82, 2.24) is 0 Å². The maximum atomic E-state index is 13.1. The molecule has 1 amide bonds. The van der Waals surface area contributed by atoms with Gasteiger partial charge in [-0.1, -0.05) is 6.07 Å².